The number of halogens is 1. The Morgan fingerprint density at radius 1 is 1.41 bits per heavy atom. The fourth-order valence-corrected chi connectivity index (χ4v) is 1.97. The van der Waals surface area contributed by atoms with Gasteiger partial charge in [0.15, 0.2) is 5.82 Å². The minimum absolute atomic E-state index is 0.0917. The number of carbonyl (C=O) groups is 1. The van der Waals surface area contributed by atoms with Crippen LogP contribution in [0.25, 0.3) is 0 Å². The van der Waals surface area contributed by atoms with E-state index in [1.165, 1.54) is 6.07 Å². The minimum Gasteiger partial charge on any atom is -0.351 e. The number of rotatable bonds is 7. The van der Waals surface area contributed by atoms with E-state index in [0.717, 1.165) is 0 Å². The molecule has 0 aliphatic rings. The molecule has 22 heavy (non-hydrogen) atoms. The van der Waals surface area contributed by atoms with Crippen LogP contribution in [0.4, 0.5) is 4.39 Å². The number of nitrogens with one attached hydrogen (secondary N) is 2. The summed E-state index contributed by atoms with van der Waals surface area (Å²) in [4.78, 5) is 16.0. The second-order valence-electron chi connectivity index (χ2n) is 4.89. The largest absolute Gasteiger partial charge is 0.351 e. The van der Waals surface area contributed by atoms with Crippen LogP contribution in [-0.2, 0) is 11.3 Å². The average molecular weight is 306 g/mol. The smallest absolute Gasteiger partial charge is 0.243 e. The number of aromatic nitrogens is 2. The van der Waals surface area contributed by atoms with Crippen molar-refractivity contribution < 1.29 is 13.7 Å². The summed E-state index contributed by atoms with van der Waals surface area (Å²) in [5.41, 5.74) is 0.454. The van der Waals surface area contributed by atoms with Gasteiger partial charge >= 0.3 is 0 Å². The average Bonchev–Trinajstić information content (AvgIpc) is 2.93. The molecular formula is C15H19FN4O2. The van der Waals surface area contributed by atoms with E-state index in [2.05, 4.69) is 20.8 Å². The molecule has 1 heterocycles. The summed E-state index contributed by atoms with van der Waals surface area (Å²) in [5, 5.41) is 9.45. The van der Waals surface area contributed by atoms with Crippen LogP contribution in [-0.4, -0.2) is 22.6 Å². The molecule has 0 saturated heterocycles. The maximum Gasteiger partial charge on any atom is 0.243 e. The zero-order valence-corrected chi connectivity index (χ0v) is 12.6. The van der Waals surface area contributed by atoms with Crippen molar-refractivity contribution in [3.05, 3.63) is 47.4 Å². The minimum atomic E-state index is -0.330. The van der Waals surface area contributed by atoms with Crippen molar-refractivity contribution in [2.75, 3.05) is 6.54 Å². The number of hydrogen-bond donors (Lipinski definition) is 2. The monoisotopic (exact) mass is 306 g/mol. The van der Waals surface area contributed by atoms with Crippen LogP contribution in [0.2, 0.25) is 0 Å². The lowest BCUT2D eigenvalue weighted by Gasteiger charge is -2.12. The maximum atomic E-state index is 13.4. The highest BCUT2D eigenvalue weighted by molar-refractivity contribution is 5.78. The van der Waals surface area contributed by atoms with E-state index < -0.39 is 0 Å². The van der Waals surface area contributed by atoms with Gasteiger partial charge in [0, 0.05) is 12.1 Å². The summed E-state index contributed by atoms with van der Waals surface area (Å²) in [5.74, 6) is 0.461. The Hall–Kier alpha value is -2.28. The highest BCUT2D eigenvalue weighted by Gasteiger charge is 2.16. The molecule has 0 fully saturated rings. The Bertz CT molecular complexity index is 630. The van der Waals surface area contributed by atoms with Gasteiger partial charge in [0.2, 0.25) is 11.8 Å². The first kappa shape index (κ1) is 16.1. The first-order valence-electron chi connectivity index (χ1n) is 7.13. The van der Waals surface area contributed by atoms with Crippen molar-refractivity contribution in [3.63, 3.8) is 0 Å². The molecule has 2 N–H and O–H groups in total. The van der Waals surface area contributed by atoms with Crippen LogP contribution in [0.1, 0.15) is 36.7 Å². The molecule has 6 nitrogen and oxygen atoms in total. The third-order valence-electron chi connectivity index (χ3n) is 3.19. The van der Waals surface area contributed by atoms with Gasteiger partial charge in [-0.3, -0.25) is 10.1 Å². The molecule has 0 aliphatic heterocycles. The number of hydrogen-bond acceptors (Lipinski definition) is 5. The van der Waals surface area contributed by atoms with Crippen molar-refractivity contribution in [2.24, 2.45) is 0 Å². The molecule has 7 heteroatoms. The predicted molar refractivity (Wildman–Crippen MR) is 78.3 cm³/mol. The van der Waals surface area contributed by atoms with Gasteiger partial charge in [-0.1, -0.05) is 30.3 Å². The summed E-state index contributed by atoms with van der Waals surface area (Å²) in [6.07, 6.45) is 0.711. The zero-order valence-electron chi connectivity index (χ0n) is 12.6. The molecule has 1 aromatic heterocycles. The molecule has 0 spiro atoms. The second kappa shape index (κ2) is 7.65. The van der Waals surface area contributed by atoms with Crippen LogP contribution in [0.5, 0.6) is 0 Å². The Morgan fingerprint density at radius 2 is 2.18 bits per heavy atom. The molecule has 2 rings (SSSR count). The summed E-state index contributed by atoms with van der Waals surface area (Å²) in [6, 6.07) is 6.17. The summed E-state index contributed by atoms with van der Waals surface area (Å²) >= 11 is 0. The molecule has 0 aliphatic carbocycles. The van der Waals surface area contributed by atoms with E-state index in [-0.39, 0.29) is 30.9 Å². The topological polar surface area (TPSA) is 80.0 Å². The number of nitrogens with zero attached hydrogens (tertiary/aromatic N) is 2. The highest BCUT2D eigenvalue weighted by Crippen LogP contribution is 2.13. The van der Waals surface area contributed by atoms with E-state index in [1.54, 1.807) is 25.1 Å². The van der Waals surface area contributed by atoms with Crippen molar-refractivity contribution in [1.82, 2.24) is 20.8 Å². The fourth-order valence-electron chi connectivity index (χ4n) is 1.97. The Labute approximate surface area is 128 Å². The lowest BCUT2D eigenvalue weighted by atomic mass is 10.2. The van der Waals surface area contributed by atoms with E-state index in [4.69, 9.17) is 4.52 Å². The molecule has 1 atom stereocenters. The third kappa shape index (κ3) is 4.36. The lowest BCUT2D eigenvalue weighted by Crippen LogP contribution is -2.35. The van der Waals surface area contributed by atoms with E-state index in [0.29, 0.717) is 23.7 Å². The third-order valence-corrected chi connectivity index (χ3v) is 3.19. The van der Waals surface area contributed by atoms with Crippen molar-refractivity contribution >= 4 is 5.91 Å². The first-order chi connectivity index (χ1) is 10.6. The normalized spacial score (nSPS) is 12.1. The van der Waals surface area contributed by atoms with Crippen molar-refractivity contribution in [3.8, 4) is 0 Å². The SMILES string of the molecule is CC[C@H](NCC(=O)NCc1ccccc1F)c1nc(C)no1. The second-order valence-corrected chi connectivity index (χ2v) is 4.89. The standard InChI is InChI=1S/C15H19FN4O2/c1-3-13(15-19-10(2)20-22-15)17-9-14(21)18-8-11-6-4-5-7-12(11)16/h4-7,13,17H,3,8-9H2,1-2H3,(H,18,21)/t13-/m0/s1. The molecule has 1 amide bonds. The predicted octanol–water partition coefficient (Wildman–Crippen LogP) is 1.87. The van der Waals surface area contributed by atoms with Gasteiger partial charge in [-0.2, -0.15) is 4.98 Å². The van der Waals surface area contributed by atoms with E-state index in [9.17, 15) is 9.18 Å². The molecule has 0 radical (unpaired) electrons. The molecule has 0 bridgehead atoms. The van der Waals surface area contributed by atoms with Crippen LogP contribution >= 0.6 is 0 Å². The van der Waals surface area contributed by atoms with E-state index in [1.807, 2.05) is 6.92 Å². The zero-order chi connectivity index (χ0) is 15.9. The van der Waals surface area contributed by atoms with Crippen molar-refractivity contribution in [2.45, 2.75) is 32.9 Å². The maximum absolute atomic E-state index is 13.4. The molecule has 0 unspecified atom stereocenters. The summed E-state index contributed by atoms with van der Waals surface area (Å²) < 4.78 is 18.5. The first-order valence-corrected chi connectivity index (χ1v) is 7.13. The molecule has 0 saturated carbocycles. The molecule has 1 aromatic carbocycles. The van der Waals surface area contributed by atoms with Crippen LogP contribution in [0.15, 0.2) is 28.8 Å². The van der Waals surface area contributed by atoms with Crippen molar-refractivity contribution in [1.29, 1.82) is 0 Å². The molecule has 118 valence electrons. The number of carbonyl (C=O) groups excluding carboxylic acids is 1. The summed E-state index contributed by atoms with van der Waals surface area (Å²) in [6.45, 7) is 3.94. The van der Waals surface area contributed by atoms with Gasteiger partial charge in [-0.25, -0.2) is 4.39 Å². The molecular weight excluding hydrogens is 287 g/mol. The van der Waals surface area contributed by atoms with Gasteiger partial charge in [-0.15, -0.1) is 0 Å². The highest BCUT2D eigenvalue weighted by atomic mass is 19.1. The number of amides is 1. The van der Waals surface area contributed by atoms with Gasteiger partial charge in [-0.05, 0) is 19.4 Å². The molecule has 2 aromatic rings. The number of aryl methyl sites for hydroxylation is 1. The summed E-state index contributed by atoms with van der Waals surface area (Å²) in [7, 11) is 0. The fraction of sp³-hybridized carbons (Fsp3) is 0.400. The number of benzene rings is 1. The Balaban J connectivity index is 1.81. The van der Waals surface area contributed by atoms with Gasteiger partial charge in [0.25, 0.3) is 0 Å². The van der Waals surface area contributed by atoms with Gasteiger partial charge in [0.05, 0.1) is 12.6 Å². The van der Waals surface area contributed by atoms with Gasteiger partial charge in [0.1, 0.15) is 5.82 Å². The van der Waals surface area contributed by atoms with Gasteiger partial charge < -0.3 is 9.84 Å². The van der Waals surface area contributed by atoms with Crippen LogP contribution in [0.3, 0.4) is 0 Å². The Morgan fingerprint density at radius 3 is 2.82 bits per heavy atom. The van der Waals surface area contributed by atoms with Crippen LogP contribution in [0, 0.1) is 12.7 Å². The van der Waals surface area contributed by atoms with E-state index >= 15 is 0 Å². The quantitative estimate of drug-likeness (QED) is 0.816. The lowest BCUT2D eigenvalue weighted by molar-refractivity contribution is -0.120. The Kier molecular flexibility index (Phi) is 5.60. The van der Waals surface area contributed by atoms with Crippen LogP contribution < -0.4 is 10.6 Å².